The third-order valence-electron chi connectivity index (χ3n) is 2.23. The Kier molecular flexibility index (Phi) is 3.92. The number of H-pyrrole nitrogens is 1. The molecule has 0 radical (unpaired) electrons. The van der Waals surface area contributed by atoms with Gasteiger partial charge in [0.2, 0.25) is 5.95 Å². The number of nitrogens with zero attached hydrogens (tertiary/aromatic N) is 2. The zero-order valence-electron chi connectivity index (χ0n) is 10.5. The van der Waals surface area contributed by atoms with Gasteiger partial charge >= 0.3 is 0 Å². The van der Waals surface area contributed by atoms with Gasteiger partial charge in [0.15, 0.2) is 0 Å². The smallest absolute Gasteiger partial charge is 0.258 e. The van der Waals surface area contributed by atoms with Gasteiger partial charge in [0, 0.05) is 5.56 Å². The number of anilines is 1. The first-order valence-electron chi connectivity index (χ1n) is 5.69. The number of hydrogen-bond acceptors (Lipinski definition) is 4. The summed E-state index contributed by atoms with van der Waals surface area (Å²) in [5, 5.41) is 8.80. The monoisotopic (exact) mass is 258 g/mol. The van der Waals surface area contributed by atoms with Crippen molar-refractivity contribution in [3.8, 4) is 5.75 Å². The molecular weight excluding hydrogens is 244 g/mol. The van der Waals surface area contributed by atoms with Crippen molar-refractivity contribution < 1.29 is 9.53 Å². The van der Waals surface area contributed by atoms with Gasteiger partial charge in [-0.25, -0.2) is 5.10 Å². The Morgan fingerprint density at radius 1 is 1.53 bits per heavy atom. The topological polar surface area (TPSA) is 79.9 Å². The van der Waals surface area contributed by atoms with Crippen LogP contribution in [0.5, 0.6) is 5.75 Å². The quantitative estimate of drug-likeness (QED) is 0.804. The highest BCUT2D eigenvalue weighted by Gasteiger charge is 2.08. The molecule has 1 amide bonds. The van der Waals surface area contributed by atoms with Crippen LogP contribution < -0.4 is 10.1 Å². The molecule has 19 heavy (non-hydrogen) atoms. The number of carbonyl (C=O) groups excluding carboxylic acids is 1. The van der Waals surface area contributed by atoms with E-state index in [9.17, 15) is 4.79 Å². The molecule has 0 saturated carbocycles. The number of hydrogen-bond donors (Lipinski definition) is 2. The molecule has 2 N–H and O–H groups in total. The molecule has 1 aromatic heterocycles. The molecule has 0 unspecified atom stereocenters. The molecule has 0 spiro atoms. The van der Waals surface area contributed by atoms with E-state index in [0.717, 1.165) is 5.57 Å². The molecule has 0 aliphatic heterocycles. The molecule has 0 aliphatic rings. The fraction of sp³-hybridized carbons (Fsp3) is 0.154. The molecule has 0 fully saturated rings. The lowest BCUT2D eigenvalue weighted by Gasteiger charge is -2.07. The molecule has 0 atom stereocenters. The normalized spacial score (nSPS) is 9.95. The van der Waals surface area contributed by atoms with Crippen LogP contribution in [-0.4, -0.2) is 27.7 Å². The van der Waals surface area contributed by atoms with Crippen LogP contribution in [0.2, 0.25) is 0 Å². The summed E-state index contributed by atoms with van der Waals surface area (Å²) in [4.78, 5) is 15.8. The van der Waals surface area contributed by atoms with Crippen LogP contribution in [-0.2, 0) is 0 Å². The van der Waals surface area contributed by atoms with Crippen molar-refractivity contribution in [2.75, 3.05) is 11.9 Å². The van der Waals surface area contributed by atoms with E-state index in [0.29, 0.717) is 23.9 Å². The van der Waals surface area contributed by atoms with Crippen LogP contribution in [0.4, 0.5) is 5.95 Å². The maximum Gasteiger partial charge on any atom is 0.258 e. The van der Waals surface area contributed by atoms with Crippen LogP contribution in [0, 0.1) is 0 Å². The SMILES string of the molecule is C=C(C)COc1cccc(C(=O)Nc2ncn[nH]2)c1. The predicted octanol–water partition coefficient (Wildman–Crippen LogP) is 2.01. The van der Waals surface area contributed by atoms with Gasteiger partial charge < -0.3 is 4.74 Å². The first kappa shape index (κ1) is 12.8. The first-order chi connectivity index (χ1) is 9.15. The summed E-state index contributed by atoms with van der Waals surface area (Å²) < 4.78 is 5.48. The third-order valence-corrected chi connectivity index (χ3v) is 2.23. The molecule has 0 bridgehead atoms. The number of aromatic amines is 1. The molecule has 1 heterocycles. The number of amides is 1. The summed E-state index contributed by atoms with van der Waals surface area (Å²) in [6.45, 7) is 6.05. The Hall–Kier alpha value is -2.63. The molecule has 98 valence electrons. The number of ether oxygens (including phenoxy) is 1. The van der Waals surface area contributed by atoms with Gasteiger partial charge in [-0.15, -0.1) is 0 Å². The first-order valence-corrected chi connectivity index (χ1v) is 5.69. The molecule has 2 aromatic rings. The molecule has 2 rings (SSSR count). The predicted molar refractivity (Wildman–Crippen MR) is 71.1 cm³/mol. The minimum Gasteiger partial charge on any atom is -0.489 e. The summed E-state index contributed by atoms with van der Waals surface area (Å²) in [6, 6.07) is 6.89. The summed E-state index contributed by atoms with van der Waals surface area (Å²) >= 11 is 0. The lowest BCUT2D eigenvalue weighted by Crippen LogP contribution is -2.13. The minimum absolute atomic E-state index is 0.280. The minimum atomic E-state index is -0.280. The van der Waals surface area contributed by atoms with Gasteiger partial charge in [0.05, 0.1) is 0 Å². The van der Waals surface area contributed by atoms with Crippen LogP contribution >= 0.6 is 0 Å². The van der Waals surface area contributed by atoms with E-state index >= 15 is 0 Å². The van der Waals surface area contributed by atoms with Crippen molar-refractivity contribution in [2.24, 2.45) is 0 Å². The molecule has 0 aliphatic carbocycles. The molecular formula is C13H14N4O2. The van der Waals surface area contributed by atoms with E-state index in [2.05, 4.69) is 27.1 Å². The average molecular weight is 258 g/mol. The van der Waals surface area contributed by atoms with Crippen molar-refractivity contribution in [3.05, 3.63) is 48.3 Å². The standard InChI is InChI=1S/C13H14N4O2/c1-9(2)7-19-11-5-3-4-10(6-11)12(18)16-13-14-8-15-17-13/h3-6,8H,1,7H2,2H3,(H2,14,15,16,17,18). The Morgan fingerprint density at radius 2 is 2.37 bits per heavy atom. The number of rotatable bonds is 5. The van der Waals surface area contributed by atoms with Crippen LogP contribution in [0.25, 0.3) is 0 Å². The molecule has 6 heteroatoms. The summed E-state index contributed by atoms with van der Waals surface area (Å²) in [7, 11) is 0. The second-order valence-corrected chi connectivity index (χ2v) is 4.06. The van der Waals surface area contributed by atoms with Gasteiger partial charge in [-0.05, 0) is 30.7 Å². The fourth-order valence-electron chi connectivity index (χ4n) is 1.38. The second kappa shape index (κ2) is 5.81. The van der Waals surface area contributed by atoms with Gasteiger partial charge in [-0.1, -0.05) is 12.6 Å². The van der Waals surface area contributed by atoms with E-state index < -0.39 is 0 Å². The zero-order chi connectivity index (χ0) is 13.7. The number of benzene rings is 1. The Balaban J connectivity index is 2.05. The summed E-state index contributed by atoms with van der Waals surface area (Å²) in [6.07, 6.45) is 1.32. The van der Waals surface area contributed by atoms with Crippen molar-refractivity contribution in [3.63, 3.8) is 0 Å². The van der Waals surface area contributed by atoms with Gasteiger partial charge in [-0.3, -0.25) is 10.1 Å². The van der Waals surface area contributed by atoms with Crippen molar-refractivity contribution in [1.29, 1.82) is 0 Å². The van der Waals surface area contributed by atoms with Crippen LogP contribution in [0.15, 0.2) is 42.7 Å². The zero-order valence-corrected chi connectivity index (χ0v) is 10.5. The highest BCUT2D eigenvalue weighted by atomic mass is 16.5. The number of aromatic nitrogens is 3. The van der Waals surface area contributed by atoms with E-state index in [1.807, 2.05) is 6.92 Å². The van der Waals surface area contributed by atoms with Gasteiger partial charge in [0.1, 0.15) is 18.7 Å². The Labute approximate surface area is 110 Å². The molecule has 1 aromatic carbocycles. The molecule has 0 saturated heterocycles. The summed E-state index contributed by atoms with van der Waals surface area (Å²) in [5.41, 5.74) is 1.40. The van der Waals surface area contributed by atoms with E-state index in [1.165, 1.54) is 6.33 Å². The van der Waals surface area contributed by atoms with E-state index in [1.54, 1.807) is 24.3 Å². The third kappa shape index (κ3) is 3.67. The van der Waals surface area contributed by atoms with E-state index in [4.69, 9.17) is 4.74 Å². The Morgan fingerprint density at radius 3 is 3.05 bits per heavy atom. The maximum atomic E-state index is 11.9. The fourth-order valence-corrected chi connectivity index (χ4v) is 1.38. The maximum absolute atomic E-state index is 11.9. The Bertz CT molecular complexity index is 578. The van der Waals surface area contributed by atoms with Crippen LogP contribution in [0.1, 0.15) is 17.3 Å². The highest BCUT2D eigenvalue weighted by Crippen LogP contribution is 2.14. The van der Waals surface area contributed by atoms with Crippen molar-refractivity contribution >= 4 is 11.9 Å². The molecule has 6 nitrogen and oxygen atoms in total. The van der Waals surface area contributed by atoms with Crippen molar-refractivity contribution in [2.45, 2.75) is 6.92 Å². The van der Waals surface area contributed by atoms with Crippen molar-refractivity contribution in [1.82, 2.24) is 15.2 Å². The van der Waals surface area contributed by atoms with E-state index in [-0.39, 0.29) is 5.91 Å². The number of carbonyl (C=O) groups is 1. The number of nitrogens with one attached hydrogen (secondary N) is 2. The highest BCUT2D eigenvalue weighted by molar-refractivity contribution is 6.03. The average Bonchev–Trinajstić information content (AvgIpc) is 2.89. The van der Waals surface area contributed by atoms with Gasteiger partial charge in [0.25, 0.3) is 5.91 Å². The lowest BCUT2D eigenvalue weighted by molar-refractivity contribution is 0.102. The van der Waals surface area contributed by atoms with Gasteiger partial charge in [-0.2, -0.15) is 10.1 Å². The van der Waals surface area contributed by atoms with Crippen LogP contribution in [0.3, 0.4) is 0 Å². The lowest BCUT2D eigenvalue weighted by atomic mass is 10.2. The second-order valence-electron chi connectivity index (χ2n) is 4.06. The largest absolute Gasteiger partial charge is 0.489 e. The summed E-state index contributed by atoms with van der Waals surface area (Å²) in [5.74, 6) is 0.643.